The second kappa shape index (κ2) is 10.3. The average molecular weight is 441 g/mol. The van der Waals surface area contributed by atoms with Crippen molar-refractivity contribution in [3.8, 4) is 0 Å². The van der Waals surface area contributed by atoms with Crippen LogP contribution in [0, 0.1) is 19.8 Å². The van der Waals surface area contributed by atoms with Gasteiger partial charge in [0.05, 0.1) is 23.0 Å². The largest absolute Gasteiger partial charge is 0.296 e. The van der Waals surface area contributed by atoms with Gasteiger partial charge in [0.15, 0.2) is 0 Å². The topological polar surface area (TPSA) is 86.7 Å². The lowest BCUT2D eigenvalue weighted by Gasteiger charge is -2.15. The van der Waals surface area contributed by atoms with E-state index in [-0.39, 0.29) is 28.9 Å². The van der Waals surface area contributed by atoms with Crippen LogP contribution >= 0.6 is 0 Å². The Morgan fingerprint density at radius 2 is 1.03 bits per heavy atom. The SMILES string of the molecule is CCC(CCOS(=O)(=O)c1ccc(C)cc1)CCOS(=O)(=O)c1ccc(C)cc1. The zero-order valence-electron chi connectivity index (χ0n) is 17.0. The van der Waals surface area contributed by atoms with E-state index in [4.69, 9.17) is 8.37 Å². The van der Waals surface area contributed by atoms with E-state index in [1.54, 1.807) is 24.3 Å². The third-order valence-corrected chi connectivity index (χ3v) is 7.38. The molecule has 0 N–H and O–H groups in total. The minimum Gasteiger partial charge on any atom is -0.266 e. The third kappa shape index (κ3) is 7.22. The van der Waals surface area contributed by atoms with Crippen LogP contribution in [0.5, 0.6) is 0 Å². The van der Waals surface area contributed by atoms with Crippen LogP contribution in [0.3, 0.4) is 0 Å². The van der Waals surface area contributed by atoms with Crippen molar-refractivity contribution in [3.63, 3.8) is 0 Å². The highest BCUT2D eigenvalue weighted by molar-refractivity contribution is 7.87. The van der Waals surface area contributed by atoms with Crippen molar-refractivity contribution in [2.45, 2.75) is 49.8 Å². The van der Waals surface area contributed by atoms with Gasteiger partial charge in [-0.1, -0.05) is 48.7 Å². The smallest absolute Gasteiger partial charge is 0.266 e. The lowest BCUT2D eigenvalue weighted by Crippen LogP contribution is -2.14. The van der Waals surface area contributed by atoms with Gasteiger partial charge in [-0.2, -0.15) is 16.8 Å². The molecule has 0 aliphatic rings. The van der Waals surface area contributed by atoms with Crippen LogP contribution in [0.1, 0.15) is 37.3 Å². The number of hydrogen-bond acceptors (Lipinski definition) is 6. The normalized spacial score (nSPS) is 12.4. The predicted octanol–water partition coefficient (Wildman–Crippen LogP) is 4.22. The van der Waals surface area contributed by atoms with E-state index < -0.39 is 20.2 Å². The van der Waals surface area contributed by atoms with Gasteiger partial charge in [0.1, 0.15) is 0 Å². The molecule has 0 saturated carbocycles. The van der Waals surface area contributed by atoms with Crippen molar-refractivity contribution in [1.29, 1.82) is 0 Å². The Morgan fingerprint density at radius 1 is 0.690 bits per heavy atom. The molecule has 0 aliphatic heterocycles. The molecule has 6 nitrogen and oxygen atoms in total. The van der Waals surface area contributed by atoms with Crippen LogP contribution in [0.2, 0.25) is 0 Å². The number of hydrogen-bond donors (Lipinski definition) is 0. The standard InChI is InChI=1S/C21H28O6S2/c1-4-19(13-15-26-28(22,23)20-9-5-17(2)6-10-20)14-16-27-29(24,25)21-11-7-18(3)8-12-21/h5-12,19H,4,13-16H2,1-3H3. The minimum atomic E-state index is -3.79. The monoisotopic (exact) mass is 440 g/mol. The van der Waals surface area contributed by atoms with Gasteiger partial charge < -0.3 is 0 Å². The van der Waals surface area contributed by atoms with Crippen molar-refractivity contribution < 1.29 is 25.2 Å². The summed E-state index contributed by atoms with van der Waals surface area (Å²) in [6, 6.07) is 13.0. The summed E-state index contributed by atoms with van der Waals surface area (Å²) in [5, 5.41) is 0. The van der Waals surface area contributed by atoms with E-state index in [1.807, 2.05) is 20.8 Å². The Labute approximate surface area is 174 Å². The van der Waals surface area contributed by atoms with Crippen LogP contribution in [0.25, 0.3) is 0 Å². The van der Waals surface area contributed by atoms with Crippen LogP contribution in [0.4, 0.5) is 0 Å². The summed E-state index contributed by atoms with van der Waals surface area (Å²) < 4.78 is 59.1. The van der Waals surface area contributed by atoms with E-state index in [1.165, 1.54) is 24.3 Å². The summed E-state index contributed by atoms with van der Waals surface area (Å²) in [6.45, 7) is 5.81. The minimum absolute atomic E-state index is 0.0411. The van der Waals surface area contributed by atoms with Gasteiger partial charge in [-0.15, -0.1) is 0 Å². The van der Waals surface area contributed by atoms with Gasteiger partial charge in [0.2, 0.25) is 0 Å². The molecule has 8 heteroatoms. The fraction of sp³-hybridized carbons (Fsp3) is 0.429. The van der Waals surface area contributed by atoms with Gasteiger partial charge in [-0.25, -0.2) is 0 Å². The summed E-state index contributed by atoms with van der Waals surface area (Å²) >= 11 is 0. The van der Waals surface area contributed by atoms with E-state index in [2.05, 4.69) is 0 Å². The molecule has 2 rings (SSSR count). The zero-order valence-corrected chi connectivity index (χ0v) is 18.6. The fourth-order valence-corrected chi connectivity index (χ4v) is 4.59. The van der Waals surface area contributed by atoms with Crippen LogP contribution in [-0.2, 0) is 28.6 Å². The van der Waals surface area contributed by atoms with Gasteiger partial charge in [0.25, 0.3) is 20.2 Å². The third-order valence-electron chi connectivity index (χ3n) is 4.73. The lowest BCUT2D eigenvalue weighted by molar-refractivity contribution is 0.239. The second-order valence-corrected chi connectivity index (χ2v) is 10.3. The van der Waals surface area contributed by atoms with Crippen molar-refractivity contribution >= 4 is 20.2 Å². The molecule has 0 unspecified atom stereocenters. The molecule has 0 bridgehead atoms. The first-order valence-electron chi connectivity index (χ1n) is 9.56. The summed E-state index contributed by atoms with van der Waals surface area (Å²) in [5.74, 6) is 0.0939. The average Bonchev–Trinajstić information content (AvgIpc) is 2.67. The van der Waals surface area contributed by atoms with E-state index in [0.717, 1.165) is 17.5 Å². The number of benzene rings is 2. The Hall–Kier alpha value is -1.74. The molecule has 2 aromatic rings. The molecule has 0 aromatic heterocycles. The Morgan fingerprint density at radius 3 is 1.34 bits per heavy atom. The maximum atomic E-state index is 12.2. The molecule has 0 atom stereocenters. The summed E-state index contributed by atoms with van der Waals surface area (Å²) in [7, 11) is -7.58. The van der Waals surface area contributed by atoms with E-state index >= 15 is 0 Å². The highest BCUT2D eigenvalue weighted by Crippen LogP contribution is 2.19. The maximum absolute atomic E-state index is 12.2. The van der Waals surface area contributed by atoms with Crippen LogP contribution < -0.4 is 0 Å². The molecule has 0 radical (unpaired) electrons. The summed E-state index contributed by atoms with van der Waals surface area (Å²) in [6.07, 6.45) is 1.76. The van der Waals surface area contributed by atoms with E-state index in [0.29, 0.717) is 12.8 Å². The van der Waals surface area contributed by atoms with Crippen LogP contribution in [-0.4, -0.2) is 30.0 Å². The molecule has 2 aromatic carbocycles. The van der Waals surface area contributed by atoms with Crippen molar-refractivity contribution in [2.24, 2.45) is 5.92 Å². The lowest BCUT2D eigenvalue weighted by atomic mass is 10.00. The number of rotatable bonds is 11. The molecular weight excluding hydrogens is 412 g/mol. The quantitative estimate of drug-likeness (QED) is 0.486. The Bertz CT molecular complexity index is 897. The Kier molecular flexibility index (Phi) is 8.39. The molecule has 0 saturated heterocycles. The van der Waals surface area contributed by atoms with Gasteiger partial charge >= 0.3 is 0 Å². The van der Waals surface area contributed by atoms with Crippen molar-refractivity contribution in [2.75, 3.05) is 13.2 Å². The molecule has 0 heterocycles. The Balaban J connectivity index is 1.81. The summed E-state index contributed by atoms with van der Waals surface area (Å²) in [5.41, 5.74) is 1.94. The first kappa shape index (κ1) is 23.5. The highest BCUT2D eigenvalue weighted by Gasteiger charge is 2.18. The fourth-order valence-electron chi connectivity index (χ4n) is 2.75. The molecular formula is C21H28O6S2. The first-order valence-corrected chi connectivity index (χ1v) is 12.4. The van der Waals surface area contributed by atoms with Crippen LogP contribution in [0.15, 0.2) is 58.3 Å². The maximum Gasteiger partial charge on any atom is 0.296 e. The predicted molar refractivity (Wildman–Crippen MR) is 112 cm³/mol. The first-order chi connectivity index (χ1) is 13.6. The molecule has 0 amide bonds. The molecule has 160 valence electrons. The van der Waals surface area contributed by atoms with Gasteiger partial charge in [-0.05, 0) is 56.9 Å². The summed E-state index contributed by atoms with van der Waals surface area (Å²) in [4.78, 5) is 0.257. The zero-order chi connectivity index (χ0) is 21.5. The highest BCUT2D eigenvalue weighted by atomic mass is 32.2. The van der Waals surface area contributed by atoms with Gasteiger partial charge in [0, 0.05) is 0 Å². The van der Waals surface area contributed by atoms with E-state index in [9.17, 15) is 16.8 Å². The molecule has 0 spiro atoms. The molecule has 0 aliphatic carbocycles. The van der Waals surface area contributed by atoms with Gasteiger partial charge in [-0.3, -0.25) is 8.37 Å². The molecule has 29 heavy (non-hydrogen) atoms. The van der Waals surface area contributed by atoms with Crippen molar-refractivity contribution in [3.05, 3.63) is 59.7 Å². The number of aryl methyl sites for hydroxylation is 2. The second-order valence-electron chi connectivity index (χ2n) is 7.03. The van der Waals surface area contributed by atoms with Crippen molar-refractivity contribution in [1.82, 2.24) is 0 Å². The molecule has 0 fully saturated rings.